The summed E-state index contributed by atoms with van der Waals surface area (Å²) >= 11 is 0.950. The second-order valence-electron chi connectivity index (χ2n) is 8.17. The van der Waals surface area contributed by atoms with Crippen LogP contribution in [0.15, 0.2) is 63.1 Å². The fourth-order valence-corrected chi connectivity index (χ4v) is 4.62. The predicted octanol–water partition coefficient (Wildman–Crippen LogP) is 1.57. The molecule has 0 aliphatic carbocycles. The van der Waals surface area contributed by atoms with Gasteiger partial charge in [-0.1, -0.05) is 23.9 Å². The Balaban J connectivity index is 1.60. The normalized spacial score (nSPS) is 16.6. The quantitative estimate of drug-likeness (QED) is 0.262. The lowest BCUT2D eigenvalue weighted by Gasteiger charge is -2.15. The minimum absolute atomic E-state index is 0.0792. The van der Waals surface area contributed by atoms with Crippen molar-refractivity contribution in [1.82, 2.24) is 15.3 Å². The number of benzene rings is 2. The summed E-state index contributed by atoms with van der Waals surface area (Å²) in [5.74, 6) is -2.43. The topological polar surface area (TPSA) is 186 Å². The molecule has 1 aliphatic rings. The highest BCUT2D eigenvalue weighted by molar-refractivity contribution is 8.15. The van der Waals surface area contributed by atoms with Crippen LogP contribution in [0.2, 0.25) is 0 Å². The number of hydrogen-bond donors (Lipinski definition) is 6. The number of aliphatic imine (C=N–C) groups is 1. The van der Waals surface area contributed by atoms with Crippen LogP contribution in [0.3, 0.4) is 0 Å². The van der Waals surface area contributed by atoms with Crippen molar-refractivity contribution in [3.8, 4) is 5.88 Å². The zero-order valence-electron chi connectivity index (χ0n) is 19.7. The molecule has 2 aromatic carbocycles. The number of halogens is 1. The summed E-state index contributed by atoms with van der Waals surface area (Å²) in [5, 5.41) is 17.3. The minimum atomic E-state index is -1.17. The molecule has 6 N–H and O–H groups in total. The molecule has 0 saturated carbocycles. The molecule has 1 aliphatic heterocycles. The average molecular weight is 541 g/mol. The van der Waals surface area contributed by atoms with Crippen molar-refractivity contribution in [3.63, 3.8) is 0 Å². The SMILES string of the molecule is CC(=O)Nc1ccc([C@H](N=C2NC(=O)[C@@H](CC(=O)Nc3ccc(F)cc3)S2)c2c(O)[nH]c(=O)[nH]c2=O)cc1. The number of carbonyl (C=O) groups excluding carboxylic acids is 3. The number of amides is 3. The summed E-state index contributed by atoms with van der Waals surface area (Å²) < 4.78 is 13.1. The maximum Gasteiger partial charge on any atom is 0.328 e. The van der Waals surface area contributed by atoms with Crippen molar-refractivity contribution in [3.05, 3.63) is 86.3 Å². The Labute approximate surface area is 217 Å². The number of anilines is 2. The average Bonchev–Trinajstić information content (AvgIpc) is 3.17. The number of nitrogens with one attached hydrogen (secondary N) is 5. The first kappa shape index (κ1) is 26.3. The molecule has 12 nitrogen and oxygen atoms in total. The molecule has 1 fully saturated rings. The lowest BCUT2D eigenvalue weighted by molar-refractivity contribution is -0.122. The van der Waals surface area contributed by atoms with Gasteiger partial charge in [-0.3, -0.25) is 29.1 Å². The molecule has 3 amide bonds. The molecule has 196 valence electrons. The van der Waals surface area contributed by atoms with E-state index in [1.165, 1.54) is 31.2 Å². The van der Waals surface area contributed by atoms with Crippen LogP contribution in [0.25, 0.3) is 0 Å². The van der Waals surface area contributed by atoms with Crippen molar-refractivity contribution < 1.29 is 23.9 Å². The molecule has 0 spiro atoms. The van der Waals surface area contributed by atoms with E-state index >= 15 is 0 Å². The zero-order valence-corrected chi connectivity index (χ0v) is 20.5. The number of nitrogens with zero attached hydrogens (tertiary/aromatic N) is 1. The van der Waals surface area contributed by atoms with Gasteiger partial charge in [-0.05, 0) is 42.0 Å². The molecule has 0 radical (unpaired) electrons. The number of amidine groups is 1. The summed E-state index contributed by atoms with van der Waals surface area (Å²) in [6.07, 6.45) is -0.215. The molecule has 3 aromatic rings. The van der Waals surface area contributed by atoms with Gasteiger partial charge in [-0.15, -0.1) is 0 Å². The molecule has 1 aromatic heterocycles. The number of thioether (sulfide) groups is 1. The smallest absolute Gasteiger partial charge is 0.328 e. The van der Waals surface area contributed by atoms with Gasteiger partial charge in [0.1, 0.15) is 22.7 Å². The fraction of sp³-hybridized carbons (Fsp3) is 0.167. The van der Waals surface area contributed by atoms with Crippen LogP contribution < -0.4 is 27.2 Å². The highest BCUT2D eigenvalue weighted by Crippen LogP contribution is 2.32. The van der Waals surface area contributed by atoms with Gasteiger partial charge in [0.25, 0.3) is 5.56 Å². The van der Waals surface area contributed by atoms with Crippen LogP contribution in [-0.4, -0.2) is 43.2 Å². The lowest BCUT2D eigenvalue weighted by Crippen LogP contribution is -2.29. The maximum atomic E-state index is 13.1. The van der Waals surface area contributed by atoms with Crippen LogP contribution in [0, 0.1) is 5.82 Å². The molecule has 38 heavy (non-hydrogen) atoms. The monoisotopic (exact) mass is 540 g/mol. The molecule has 2 heterocycles. The third-order valence-corrected chi connectivity index (χ3v) is 6.40. The van der Waals surface area contributed by atoms with E-state index in [2.05, 4.69) is 25.9 Å². The van der Waals surface area contributed by atoms with E-state index in [0.717, 1.165) is 11.8 Å². The Kier molecular flexibility index (Phi) is 7.71. The molecule has 4 rings (SSSR count). The van der Waals surface area contributed by atoms with Gasteiger partial charge in [0.15, 0.2) is 5.17 Å². The van der Waals surface area contributed by atoms with Crippen LogP contribution in [0.4, 0.5) is 15.8 Å². The second-order valence-corrected chi connectivity index (χ2v) is 9.36. The Morgan fingerprint density at radius 1 is 1.03 bits per heavy atom. The van der Waals surface area contributed by atoms with Gasteiger partial charge in [-0.25, -0.2) is 14.2 Å². The van der Waals surface area contributed by atoms with Crippen LogP contribution in [0.5, 0.6) is 5.88 Å². The Morgan fingerprint density at radius 3 is 2.29 bits per heavy atom. The van der Waals surface area contributed by atoms with E-state index in [1.807, 2.05) is 4.98 Å². The Bertz CT molecular complexity index is 1530. The summed E-state index contributed by atoms with van der Waals surface area (Å²) in [6, 6.07) is 10.2. The van der Waals surface area contributed by atoms with Crippen molar-refractivity contribution >= 4 is 46.0 Å². The first-order valence-electron chi connectivity index (χ1n) is 11.1. The first-order valence-corrected chi connectivity index (χ1v) is 12.0. The number of aromatic amines is 2. The van der Waals surface area contributed by atoms with Gasteiger partial charge >= 0.3 is 5.69 Å². The van der Waals surface area contributed by atoms with Crippen LogP contribution in [0.1, 0.15) is 30.5 Å². The van der Waals surface area contributed by atoms with E-state index in [-0.39, 0.29) is 23.1 Å². The number of H-pyrrole nitrogens is 2. The van der Waals surface area contributed by atoms with E-state index in [0.29, 0.717) is 16.9 Å². The van der Waals surface area contributed by atoms with Crippen LogP contribution in [-0.2, 0) is 14.4 Å². The molecule has 1 saturated heterocycles. The summed E-state index contributed by atoms with van der Waals surface area (Å²) in [5.41, 5.74) is -0.855. The minimum Gasteiger partial charge on any atom is -0.494 e. The van der Waals surface area contributed by atoms with Gasteiger partial charge in [-0.2, -0.15) is 0 Å². The van der Waals surface area contributed by atoms with Crippen molar-refractivity contribution in [2.24, 2.45) is 4.99 Å². The van der Waals surface area contributed by atoms with Gasteiger partial charge in [0, 0.05) is 24.7 Å². The molecule has 0 unspecified atom stereocenters. The Hall–Kier alpha value is -4.72. The highest BCUT2D eigenvalue weighted by atomic mass is 32.2. The van der Waals surface area contributed by atoms with Crippen molar-refractivity contribution in [2.45, 2.75) is 24.6 Å². The fourth-order valence-electron chi connectivity index (χ4n) is 3.63. The zero-order chi connectivity index (χ0) is 27.4. The first-order chi connectivity index (χ1) is 18.1. The van der Waals surface area contributed by atoms with E-state index < -0.39 is 46.1 Å². The number of hydrogen-bond acceptors (Lipinski definition) is 8. The summed E-state index contributed by atoms with van der Waals surface area (Å²) in [7, 11) is 0. The van der Waals surface area contributed by atoms with Gasteiger partial charge in [0.2, 0.25) is 23.6 Å². The number of aromatic hydroxyl groups is 1. The standard InChI is InChI=1S/C24H21FN6O6S/c1-11(32)26-14-6-2-12(3-7-14)19(18-21(35)29-23(37)30-22(18)36)28-24-31-20(34)16(38-24)10-17(33)27-15-8-4-13(25)5-9-15/h2-9,16,19H,10H2,1H3,(H,26,32)(H,27,33)(H,28,31,34)(H3,29,30,35,36,37)/t16-,19+/m1/s1. The highest BCUT2D eigenvalue weighted by Gasteiger charge is 2.34. The summed E-state index contributed by atoms with van der Waals surface area (Å²) in [4.78, 5) is 69.1. The Morgan fingerprint density at radius 2 is 1.66 bits per heavy atom. The molecular weight excluding hydrogens is 519 g/mol. The van der Waals surface area contributed by atoms with Crippen molar-refractivity contribution in [1.29, 1.82) is 0 Å². The number of aromatic nitrogens is 2. The number of rotatable bonds is 7. The molecule has 14 heteroatoms. The van der Waals surface area contributed by atoms with E-state index in [4.69, 9.17) is 0 Å². The second kappa shape index (κ2) is 11.1. The molecule has 2 atom stereocenters. The third-order valence-electron chi connectivity index (χ3n) is 5.30. The molecule has 0 bridgehead atoms. The predicted molar refractivity (Wildman–Crippen MR) is 139 cm³/mol. The largest absolute Gasteiger partial charge is 0.494 e. The van der Waals surface area contributed by atoms with E-state index in [1.54, 1.807) is 24.3 Å². The molecular formula is C24H21FN6O6S. The van der Waals surface area contributed by atoms with Crippen molar-refractivity contribution in [2.75, 3.05) is 10.6 Å². The van der Waals surface area contributed by atoms with Gasteiger partial charge < -0.3 is 21.1 Å². The number of carbonyl (C=O) groups is 3. The van der Waals surface area contributed by atoms with Gasteiger partial charge in [0.05, 0.1) is 0 Å². The van der Waals surface area contributed by atoms with Crippen LogP contribution >= 0.6 is 11.8 Å². The third kappa shape index (κ3) is 6.34. The maximum absolute atomic E-state index is 13.1. The summed E-state index contributed by atoms with van der Waals surface area (Å²) in [6.45, 7) is 1.34. The lowest BCUT2D eigenvalue weighted by atomic mass is 10.0. The van der Waals surface area contributed by atoms with E-state index in [9.17, 15) is 33.5 Å².